The summed E-state index contributed by atoms with van der Waals surface area (Å²) in [5.41, 5.74) is 1.39. The van der Waals surface area contributed by atoms with Crippen LogP contribution in [0, 0.1) is 5.92 Å². The molecular formula is C15H22ClNS. The van der Waals surface area contributed by atoms with Crippen molar-refractivity contribution >= 4 is 23.4 Å². The van der Waals surface area contributed by atoms with Gasteiger partial charge in [-0.3, -0.25) is 0 Å². The van der Waals surface area contributed by atoms with Crippen LogP contribution >= 0.6 is 23.4 Å². The van der Waals surface area contributed by atoms with E-state index in [0.717, 1.165) is 23.5 Å². The van der Waals surface area contributed by atoms with E-state index >= 15 is 0 Å². The lowest BCUT2D eigenvalue weighted by molar-refractivity contribution is 0.636. The zero-order chi connectivity index (χ0) is 13.0. The predicted octanol–water partition coefficient (Wildman–Crippen LogP) is 4.73. The SMILES string of the molecule is CCC(C)CSc1cc(Cl)ccc1CNC1CC1. The Morgan fingerprint density at radius 1 is 1.44 bits per heavy atom. The predicted molar refractivity (Wildman–Crippen MR) is 81.5 cm³/mol. The minimum atomic E-state index is 0.757. The first-order valence-electron chi connectivity index (χ1n) is 6.83. The lowest BCUT2D eigenvalue weighted by Gasteiger charge is -2.13. The molecule has 0 aromatic heterocycles. The van der Waals surface area contributed by atoms with E-state index in [9.17, 15) is 0 Å². The first-order valence-corrected chi connectivity index (χ1v) is 8.20. The Labute approximate surface area is 120 Å². The molecule has 0 bridgehead atoms. The largest absolute Gasteiger partial charge is 0.310 e. The molecule has 0 aliphatic heterocycles. The van der Waals surface area contributed by atoms with Crippen LogP contribution in [-0.2, 0) is 6.54 Å². The molecule has 1 aliphatic carbocycles. The van der Waals surface area contributed by atoms with Crippen molar-refractivity contribution in [1.29, 1.82) is 0 Å². The van der Waals surface area contributed by atoms with Crippen LogP contribution in [0.25, 0.3) is 0 Å². The van der Waals surface area contributed by atoms with Gasteiger partial charge in [-0.2, -0.15) is 0 Å². The van der Waals surface area contributed by atoms with Crippen molar-refractivity contribution in [2.45, 2.75) is 50.6 Å². The average molecular weight is 284 g/mol. The van der Waals surface area contributed by atoms with E-state index in [1.54, 1.807) is 0 Å². The summed E-state index contributed by atoms with van der Waals surface area (Å²) < 4.78 is 0. The Kier molecular flexibility index (Phi) is 5.40. The van der Waals surface area contributed by atoms with E-state index in [0.29, 0.717) is 0 Å². The molecule has 1 N–H and O–H groups in total. The van der Waals surface area contributed by atoms with Crippen LogP contribution in [0.5, 0.6) is 0 Å². The molecule has 0 heterocycles. The summed E-state index contributed by atoms with van der Waals surface area (Å²) >= 11 is 8.05. The van der Waals surface area contributed by atoms with E-state index in [-0.39, 0.29) is 0 Å². The molecule has 2 rings (SSSR count). The smallest absolute Gasteiger partial charge is 0.0417 e. The number of halogens is 1. The van der Waals surface area contributed by atoms with E-state index in [1.807, 2.05) is 17.8 Å². The zero-order valence-electron chi connectivity index (χ0n) is 11.2. The van der Waals surface area contributed by atoms with Gasteiger partial charge in [0.15, 0.2) is 0 Å². The highest BCUT2D eigenvalue weighted by molar-refractivity contribution is 7.99. The van der Waals surface area contributed by atoms with Gasteiger partial charge in [0.25, 0.3) is 0 Å². The van der Waals surface area contributed by atoms with Crippen molar-refractivity contribution in [2.24, 2.45) is 5.92 Å². The van der Waals surface area contributed by atoms with E-state index in [1.165, 1.54) is 35.5 Å². The van der Waals surface area contributed by atoms with Crippen LogP contribution in [0.4, 0.5) is 0 Å². The summed E-state index contributed by atoms with van der Waals surface area (Å²) in [5.74, 6) is 1.94. The maximum absolute atomic E-state index is 6.11. The van der Waals surface area contributed by atoms with Gasteiger partial charge in [0.2, 0.25) is 0 Å². The van der Waals surface area contributed by atoms with Crippen LogP contribution in [0.2, 0.25) is 5.02 Å². The lowest BCUT2D eigenvalue weighted by Crippen LogP contribution is -2.15. The van der Waals surface area contributed by atoms with Crippen molar-refractivity contribution in [3.8, 4) is 0 Å². The topological polar surface area (TPSA) is 12.0 Å². The molecule has 0 amide bonds. The molecule has 100 valence electrons. The highest BCUT2D eigenvalue weighted by Gasteiger charge is 2.20. The number of nitrogens with one attached hydrogen (secondary N) is 1. The molecule has 1 aromatic carbocycles. The number of rotatable bonds is 7. The zero-order valence-corrected chi connectivity index (χ0v) is 12.8. The van der Waals surface area contributed by atoms with Crippen LogP contribution in [-0.4, -0.2) is 11.8 Å². The second-order valence-corrected chi connectivity index (χ2v) is 6.73. The summed E-state index contributed by atoms with van der Waals surface area (Å²) in [6, 6.07) is 7.03. The van der Waals surface area contributed by atoms with Gasteiger partial charge < -0.3 is 5.32 Å². The van der Waals surface area contributed by atoms with Crippen LogP contribution < -0.4 is 5.32 Å². The summed E-state index contributed by atoms with van der Waals surface area (Å²) in [6.07, 6.45) is 3.91. The highest BCUT2D eigenvalue weighted by Crippen LogP contribution is 2.29. The molecular weight excluding hydrogens is 262 g/mol. The van der Waals surface area contributed by atoms with Gasteiger partial charge in [0.05, 0.1) is 0 Å². The van der Waals surface area contributed by atoms with Gasteiger partial charge in [0.1, 0.15) is 0 Å². The minimum Gasteiger partial charge on any atom is -0.310 e. The van der Waals surface area contributed by atoms with E-state index < -0.39 is 0 Å². The van der Waals surface area contributed by atoms with Gasteiger partial charge in [-0.15, -0.1) is 11.8 Å². The molecule has 3 heteroatoms. The van der Waals surface area contributed by atoms with E-state index in [4.69, 9.17) is 11.6 Å². The monoisotopic (exact) mass is 283 g/mol. The third kappa shape index (κ3) is 4.49. The van der Waals surface area contributed by atoms with Crippen LogP contribution in [0.15, 0.2) is 23.1 Å². The molecule has 1 nitrogen and oxygen atoms in total. The number of thioether (sulfide) groups is 1. The normalized spacial score (nSPS) is 16.8. The standard InChI is InChI=1S/C15H22ClNS/c1-3-11(2)10-18-15-8-13(16)5-4-12(15)9-17-14-6-7-14/h4-5,8,11,14,17H,3,6-7,9-10H2,1-2H3. The fraction of sp³-hybridized carbons (Fsp3) is 0.600. The van der Waals surface area contributed by atoms with Gasteiger partial charge >= 0.3 is 0 Å². The lowest BCUT2D eigenvalue weighted by atomic mass is 10.2. The van der Waals surface area contributed by atoms with Gasteiger partial charge in [-0.1, -0.05) is 37.9 Å². The molecule has 0 saturated heterocycles. The number of benzene rings is 1. The average Bonchev–Trinajstić information content (AvgIpc) is 3.18. The van der Waals surface area contributed by atoms with Crippen molar-refractivity contribution in [3.63, 3.8) is 0 Å². The molecule has 1 fully saturated rings. The van der Waals surface area contributed by atoms with Crippen molar-refractivity contribution in [2.75, 3.05) is 5.75 Å². The summed E-state index contributed by atoms with van der Waals surface area (Å²) in [6.45, 7) is 5.53. The van der Waals surface area contributed by atoms with Crippen LogP contribution in [0.1, 0.15) is 38.7 Å². The van der Waals surface area contributed by atoms with Gasteiger partial charge in [0, 0.05) is 28.3 Å². The molecule has 1 saturated carbocycles. The summed E-state index contributed by atoms with van der Waals surface area (Å²) in [5, 5.41) is 4.42. The van der Waals surface area contributed by atoms with Crippen molar-refractivity contribution in [3.05, 3.63) is 28.8 Å². The Bertz CT molecular complexity index is 390. The van der Waals surface area contributed by atoms with Crippen molar-refractivity contribution in [1.82, 2.24) is 5.32 Å². The minimum absolute atomic E-state index is 0.757. The molecule has 1 atom stereocenters. The highest BCUT2D eigenvalue weighted by atomic mass is 35.5. The number of hydrogen-bond acceptors (Lipinski definition) is 2. The van der Waals surface area contributed by atoms with Crippen molar-refractivity contribution < 1.29 is 0 Å². The third-order valence-corrected chi connectivity index (χ3v) is 5.07. The quantitative estimate of drug-likeness (QED) is 0.726. The summed E-state index contributed by atoms with van der Waals surface area (Å²) in [7, 11) is 0. The second-order valence-electron chi connectivity index (χ2n) is 5.23. The maximum atomic E-state index is 6.11. The van der Waals surface area contributed by atoms with Gasteiger partial charge in [-0.05, 0) is 36.5 Å². The molecule has 0 spiro atoms. The molecule has 1 unspecified atom stereocenters. The fourth-order valence-electron chi connectivity index (χ4n) is 1.70. The van der Waals surface area contributed by atoms with E-state index in [2.05, 4.69) is 31.3 Å². The Morgan fingerprint density at radius 2 is 2.22 bits per heavy atom. The molecule has 1 aromatic rings. The molecule has 0 radical (unpaired) electrons. The Balaban J connectivity index is 1.97. The molecule has 1 aliphatic rings. The summed E-state index contributed by atoms with van der Waals surface area (Å²) in [4.78, 5) is 1.34. The maximum Gasteiger partial charge on any atom is 0.0417 e. The van der Waals surface area contributed by atoms with Crippen LogP contribution in [0.3, 0.4) is 0 Å². The fourth-order valence-corrected chi connectivity index (χ4v) is 3.17. The first-order chi connectivity index (χ1) is 8.69. The Hall–Kier alpha value is -0.180. The number of hydrogen-bond donors (Lipinski definition) is 1. The second kappa shape index (κ2) is 6.83. The third-order valence-electron chi connectivity index (χ3n) is 3.41. The Morgan fingerprint density at radius 3 is 2.89 bits per heavy atom. The van der Waals surface area contributed by atoms with Gasteiger partial charge in [-0.25, -0.2) is 0 Å². The first kappa shape index (κ1) is 14.2. The molecule has 18 heavy (non-hydrogen) atoms.